The maximum absolute atomic E-state index is 13.0. The fraction of sp³-hybridized carbons (Fsp3) is 1.00. The van der Waals surface area contributed by atoms with E-state index in [1.54, 1.807) is 0 Å². The van der Waals surface area contributed by atoms with Gasteiger partial charge >= 0.3 is 0 Å². The lowest BCUT2D eigenvalue weighted by Gasteiger charge is -2.34. The van der Waals surface area contributed by atoms with Gasteiger partial charge in [0.15, 0.2) is 0 Å². The molecule has 3 heteroatoms. The second-order valence-electron chi connectivity index (χ2n) is 5.14. The highest BCUT2D eigenvalue weighted by molar-refractivity contribution is 4.80. The molecule has 0 aromatic carbocycles. The van der Waals surface area contributed by atoms with Gasteiger partial charge in [-0.05, 0) is 38.6 Å². The van der Waals surface area contributed by atoms with Crippen LogP contribution >= 0.6 is 0 Å². The number of halogens is 2. The molecule has 0 heterocycles. The third-order valence-electron chi connectivity index (χ3n) is 3.95. The van der Waals surface area contributed by atoms with Crippen LogP contribution in [0.1, 0.15) is 52.9 Å². The second-order valence-corrected chi connectivity index (χ2v) is 5.14. The van der Waals surface area contributed by atoms with Crippen LogP contribution in [0.4, 0.5) is 8.78 Å². The van der Waals surface area contributed by atoms with Crippen LogP contribution in [0, 0.1) is 5.92 Å². The Hall–Kier alpha value is -0.180. The van der Waals surface area contributed by atoms with E-state index in [0.717, 1.165) is 19.5 Å². The van der Waals surface area contributed by atoms with Crippen LogP contribution in [-0.2, 0) is 0 Å². The van der Waals surface area contributed by atoms with Gasteiger partial charge in [-0.3, -0.25) is 0 Å². The topological polar surface area (TPSA) is 3.24 Å². The minimum Gasteiger partial charge on any atom is -0.301 e. The minimum absolute atomic E-state index is 0.0930. The predicted octanol–water partition coefficient (Wildman–Crippen LogP) is 3.93. The van der Waals surface area contributed by atoms with Crippen molar-refractivity contribution in [1.82, 2.24) is 4.90 Å². The van der Waals surface area contributed by atoms with Gasteiger partial charge in [-0.2, -0.15) is 0 Å². The molecule has 0 bridgehead atoms. The monoisotopic (exact) mass is 233 g/mol. The third-order valence-corrected chi connectivity index (χ3v) is 3.95. The summed E-state index contributed by atoms with van der Waals surface area (Å²) in [5, 5.41) is 0. The molecule has 1 nitrogen and oxygen atoms in total. The van der Waals surface area contributed by atoms with Crippen molar-refractivity contribution in [3.63, 3.8) is 0 Å². The third kappa shape index (κ3) is 4.00. The largest absolute Gasteiger partial charge is 0.301 e. The van der Waals surface area contributed by atoms with Crippen molar-refractivity contribution in [3.8, 4) is 0 Å². The van der Waals surface area contributed by atoms with Gasteiger partial charge in [-0.1, -0.05) is 13.8 Å². The van der Waals surface area contributed by atoms with Crippen LogP contribution in [0.25, 0.3) is 0 Å². The Labute approximate surface area is 98.2 Å². The molecule has 0 saturated heterocycles. The van der Waals surface area contributed by atoms with E-state index in [9.17, 15) is 8.78 Å². The predicted molar refractivity (Wildman–Crippen MR) is 63.9 cm³/mol. The summed E-state index contributed by atoms with van der Waals surface area (Å²) in [5.41, 5.74) is 0. The summed E-state index contributed by atoms with van der Waals surface area (Å²) < 4.78 is 26.0. The summed E-state index contributed by atoms with van der Waals surface area (Å²) in [5.74, 6) is -1.90. The van der Waals surface area contributed by atoms with Crippen LogP contribution in [0.5, 0.6) is 0 Å². The van der Waals surface area contributed by atoms with E-state index in [0.29, 0.717) is 24.8 Å². The molecule has 16 heavy (non-hydrogen) atoms. The molecule has 0 aromatic rings. The first-order valence-electron chi connectivity index (χ1n) is 6.60. The lowest BCUT2D eigenvalue weighted by atomic mass is 9.86. The lowest BCUT2D eigenvalue weighted by Crippen LogP contribution is -2.38. The Morgan fingerprint density at radius 3 is 2.25 bits per heavy atom. The zero-order valence-corrected chi connectivity index (χ0v) is 10.8. The van der Waals surface area contributed by atoms with Gasteiger partial charge in [0.25, 0.3) is 0 Å². The maximum atomic E-state index is 13.0. The molecule has 0 amide bonds. The van der Waals surface area contributed by atoms with Gasteiger partial charge in [0.05, 0.1) is 0 Å². The Balaban J connectivity index is 2.37. The van der Waals surface area contributed by atoms with Crippen LogP contribution in [0.3, 0.4) is 0 Å². The number of hydrogen-bond acceptors (Lipinski definition) is 1. The van der Waals surface area contributed by atoms with Gasteiger partial charge in [0, 0.05) is 25.4 Å². The fourth-order valence-corrected chi connectivity index (χ4v) is 2.49. The summed E-state index contributed by atoms with van der Waals surface area (Å²) in [6.45, 7) is 8.59. The first-order chi connectivity index (χ1) is 7.48. The highest BCUT2D eigenvalue weighted by Crippen LogP contribution is 2.36. The maximum Gasteiger partial charge on any atom is 0.248 e. The standard InChI is InChI=1S/C13H25F2N/c1-4-11(3)16(5-2)10-12-6-8-13(14,15)9-7-12/h11-12H,4-10H2,1-3H3. The van der Waals surface area contributed by atoms with Gasteiger partial charge in [0.1, 0.15) is 0 Å². The summed E-state index contributed by atoms with van der Waals surface area (Å²) in [6.07, 6.45) is 2.71. The molecule has 0 N–H and O–H groups in total. The van der Waals surface area contributed by atoms with Crippen molar-refractivity contribution < 1.29 is 8.78 Å². The minimum atomic E-state index is -2.39. The molecule has 0 aliphatic heterocycles. The average molecular weight is 233 g/mol. The molecule has 1 saturated carbocycles. The Morgan fingerprint density at radius 2 is 1.81 bits per heavy atom. The van der Waals surface area contributed by atoms with Crippen LogP contribution in [0.2, 0.25) is 0 Å². The normalized spacial score (nSPS) is 23.6. The van der Waals surface area contributed by atoms with Crippen LogP contribution in [-0.4, -0.2) is 30.0 Å². The SMILES string of the molecule is CCC(C)N(CC)CC1CCC(F)(F)CC1. The van der Waals surface area contributed by atoms with E-state index in [-0.39, 0.29) is 12.8 Å². The molecule has 1 fully saturated rings. The zero-order valence-electron chi connectivity index (χ0n) is 10.8. The second kappa shape index (κ2) is 5.95. The van der Waals surface area contributed by atoms with Gasteiger partial charge in [-0.15, -0.1) is 0 Å². The van der Waals surface area contributed by atoms with Crippen molar-refractivity contribution in [3.05, 3.63) is 0 Å². The first-order valence-corrected chi connectivity index (χ1v) is 6.60. The lowest BCUT2D eigenvalue weighted by molar-refractivity contribution is -0.0497. The number of nitrogens with zero attached hydrogens (tertiary/aromatic N) is 1. The molecule has 0 spiro atoms. The van der Waals surface area contributed by atoms with Crippen LogP contribution < -0.4 is 0 Å². The Morgan fingerprint density at radius 1 is 1.25 bits per heavy atom. The van der Waals surface area contributed by atoms with Crippen molar-refractivity contribution in [1.29, 1.82) is 0 Å². The van der Waals surface area contributed by atoms with Crippen molar-refractivity contribution in [2.75, 3.05) is 13.1 Å². The van der Waals surface area contributed by atoms with E-state index < -0.39 is 5.92 Å². The number of rotatable bonds is 5. The molecule has 96 valence electrons. The molecule has 1 rings (SSSR count). The molecule has 0 radical (unpaired) electrons. The summed E-state index contributed by atoms with van der Waals surface area (Å²) in [4.78, 5) is 2.42. The molecule has 0 aromatic heterocycles. The van der Waals surface area contributed by atoms with Crippen molar-refractivity contribution in [2.24, 2.45) is 5.92 Å². The van der Waals surface area contributed by atoms with Crippen molar-refractivity contribution in [2.45, 2.75) is 64.8 Å². The number of hydrogen-bond donors (Lipinski definition) is 0. The molecule has 1 aliphatic rings. The quantitative estimate of drug-likeness (QED) is 0.695. The Bertz CT molecular complexity index is 196. The van der Waals surface area contributed by atoms with E-state index in [1.165, 1.54) is 0 Å². The summed E-state index contributed by atoms with van der Waals surface area (Å²) in [6, 6.07) is 0.576. The zero-order chi connectivity index (χ0) is 12.2. The van der Waals surface area contributed by atoms with Gasteiger partial charge in [-0.25, -0.2) is 8.78 Å². The number of alkyl halides is 2. The molecule has 1 aliphatic carbocycles. The van der Waals surface area contributed by atoms with E-state index in [4.69, 9.17) is 0 Å². The van der Waals surface area contributed by atoms with Crippen molar-refractivity contribution >= 4 is 0 Å². The molecule has 1 atom stereocenters. The fourth-order valence-electron chi connectivity index (χ4n) is 2.49. The van der Waals surface area contributed by atoms with E-state index >= 15 is 0 Å². The first kappa shape index (κ1) is 13.9. The van der Waals surface area contributed by atoms with Gasteiger partial charge in [0.2, 0.25) is 5.92 Å². The average Bonchev–Trinajstić information content (AvgIpc) is 2.27. The summed E-state index contributed by atoms with van der Waals surface area (Å²) >= 11 is 0. The molecular weight excluding hydrogens is 208 g/mol. The van der Waals surface area contributed by atoms with E-state index in [1.807, 2.05) is 0 Å². The Kier molecular flexibility index (Phi) is 5.16. The smallest absolute Gasteiger partial charge is 0.248 e. The highest BCUT2D eigenvalue weighted by atomic mass is 19.3. The summed E-state index contributed by atoms with van der Waals surface area (Å²) in [7, 11) is 0. The van der Waals surface area contributed by atoms with E-state index in [2.05, 4.69) is 25.7 Å². The molecular formula is C13H25F2N. The van der Waals surface area contributed by atoms with Crippen LogP contribution in [0.15, 0.2) is 0 Å². The molecule has 1 unspecified atom stereocenters. The van der Waals surface area contributed by atoms with Gasteiger partial charge < -0.3 is 4.90 Å². The highest BCUT2D eigenvalue weighted by Gasteiger charge is 2.35.